The number of urea groups is 1. The fourth-order valence-corrected chi connectivity index (χ4v) is 7.74. The van der Waals surface area contributed by atoms with Crippen molar-refractivity contribution in [3.8, 4) is 5.75 Å². The van der Waals surface area contributed by atoms with Gasteiger partial charge in [-0.15, -0.1) is 0 Å². The molecular formula is C38H48N6O6S. The molecule has 0 radical (unpaired) electrons. The number of carbonyl (C=O) groups excluding carboxylic acids is 2. The van der Waals surface area contributed by atoms with Gasteiger partial charge in [0.25, 0.3) is 0 Å². The molecule has 0 unspecified atom stereocenters. The Hall–Kier alpha value is -4.59. The number of aromatic nitrogens is 2. The highest BCUT2D eigenvalue weighted by Crippen LogP contribution is 2.25. The maximum absolute atomic E-state index is 14.1. The summed E-state index contributed by atoms with van der Waals surface area (Å²) >= 11 is 0. The second-order valence-electron chi connectivity index (χ2n) is 13.7. The molecule has 0 saturated carbocycles. The standard InChI is InChI=1S/C38H48N6O6S/c1-25(2)19-28-21-30(50-5)15-16-35(28)51(48,49)40-23-34(45)33(20-27-11-7-6-8-12-27)42-37(46)36(26(3)4)44-18-17-43(38(44)47)24-29-22-39-31-13-9-10-14-32(31)41-29/h6-16,21-22,25-26,33-34,36,40,45H,17-20,23-24H2,1-5H3,(H,42,46)/t33-,34+,36-/m0/s1. The molecule has 1 aliphatic heterocycles. The Morgan fingerprint density at radius 2 is 1.67 bits per heavy atom. The third-order valence-electron chi connectivity index (χ3n) is 8.97. The van der Waals surface area contributed by atoms with Gasteiger partial charge >= 0.3 is 6.03 Å². The molecule has 1 saturated heterocycles. The van der Waals surface area contributed by atoms with Crippen molar-refractivity contribution in [2.24, 2.45) is 11.8 Å². The number of amides is 3. The molecule has 1 fully saturated rings. The largest absolute Gasteiger partial charge is 0.497 e. The Labute approximate surface area is 300 Å². The monoisotopic (exact) mass is 716 g/mol. The van der Waals surface area contributed by atoms with Crippen LogP contribution in [0.5, 0.6) is 5.75 Å². The van der Waals surface area contributed by atoms with E-state index in [0.717, 1.165) is 16.6 Å². The maximum atomic E-state index is 14.1. The van der Waals surface area contributed by atoms with Crippen LogP contribution in [0.15, 0.2) is 83.9 Å². The lowest BCUT2D eigenvalue weighted by atomic mass is 9.98. The summed E-state index contributed by atoms with van der Waals surface area (Å²) in [5.74, 6) is 0.0645. The van der Waals surface area contributed by atoms with Crippen LogP contribution in [0, 0.1) is 11.8 Å². The van der Waals surface area contributed by atoms with Crippen molar-refractivity contribution in [1.82, 2.24) is 29.8 Å². The minimum absolute atomic E-state index is 0.111. The van der Waals surface area contributed by atoms with E-state index in [4.69, 9.17) is 4.74 Å². The summed E-state index contributed by atoms with van der Waals surface area (Å²) in [6.07, 6.45) is 1.12. The highest BCUT2D eigenvalue weighted by Gasteiger charge is 2.40. The molecule has 1 aliphatic rings. The van der Waals surface area contributed by atoms with Gasteiger partial charge < -0.3 is 25.0 Å². The highest BCUT2D eigenvalue weighted by molar-refractivity contribution is 7.89. The van der Waals surface area contributed by atoms with Gasteiger partial charge in [-0.2, -0.15) is 0 Å². The quantitative estimate of drug-likeness (QED) is 0.156. The van der Waals surface area contributed by atoms with Crippen molar-refractivity contribution in [2.45, 2.75) is 70.2 Å². The van der Waals surface area contributed by atoms with Crippen LogP contribution in [0.2, 0.25) is 0 Å². The zero-order chi connectivity index (χ0) is 36.7. The number of fused-ring (bicyclic) bond motifs is 1. The first-order valence-electron chi connectivity index (χ1n) is 17.3. The van der Waals surface area contributed by atoms with Crippen LogP contribution in [0.1, 0.15) is 44.5 Å². The van der Waals surface area contributed by atoms with Gasteiger partial charge in [0.05, 0.1) is 53.6 Å². The Morgan fingerprint density at radius 1 is 0.961 bits per heavy atom. The molecule has 3 aromatic carbocycles. The predicted molar refractivity (Wildman–Crippen MR) is 195 cm³/mol. The average Bonchev–Trinajstić information content (AvgIpc) is 3.45. The van der Waals surface area contributed by atoms with E-state index < -0.39 is 34.1 Å². The number of sulfonamides is 1. The van der Waals surface area contributed by atoms with Gasteiger partial charge in [-0.3, -0.25) is 9.78 Å². The van der Waals surface area contributed by atoms with Crippen LogP contribution in [0.4, 0.5) is 4.79 Å². The van der Waals surface area contributed by atoms with Crippen LogP contribution >= 0.6 is 0 Å². The van der Waals surface area contributed by atoms with Crippen molar-refractivity contribution in [1.29, 1.82) is 0 Å². The Morgan fingerprint density at radius 3 is 2.35 bits per heavy atom. The molecule has 272 valence electrons. The van der Waals surface area contributed by atoms with Crippen molar-refractivity contribution >= 4 is 33.0 Å². The van der Waals surface area contributed by atoms with Gasteiger partial charge in [0.2, 0.25) is 15.9 Å². The number of aliphatic hydroxyl groups is 1. The number of ether oxygens (including phenoxy) is 1. The lowest BCUT2D eigenvalue weighted by Crippen LogP contribution is -2.57. The van der Waals surface area contributed by atoms with E-state index in [1.54, 1.807) is 28.1 Å². The minimum atomic E-state index is -4.03. The molecule has 2 heterocycles. The zero-order valence-corrected chi connectivity index (χ0v) is 30.6. The van der Waals surface area contributed by atoms with Gasteiger partial charge in [0.1, 0.15) is 11.8 Å². The number of carbonyl (C=O) groups is 2. The number of para-hydroxylation sites is 2. The topological polar surface area (TPSA) is 154 Å². The average molecular weight is 717 g/mol. The Kier molecular flexibility index (Phi) is 12.3. The van der Waals surface area contributed by atoms with Crippen LogP contribution in [0.25, 0.3) is 11.0 Å². The summed E-state index contributed by atoms with van der Waals surface area (Å²) in [6, 6.07) is 19.7. The molecule has 3 N–H and O–H groups in total. The summed E-state index contributed by atoms with van der Waals surface area (Å²) < 4.78 is 35.0. The molecule has 0 spiro atoms. The number of methoxy groups -OCH3 is 1. The summed E-state index contributed by atoms with van der Waals surface area (Å²) in [6.45, 7) is 8.40. The number of hydrogen-bond donors (Lipinski definition) is 3. The lowest BCUT2D eigenvalue weighted by Gasteiger charge is -2.33. The number of aliphatic hydroxyl groups excluding tert-OH is 1. The lowest BCUT2D eigenvalue weighted by molar-refractivity contribution is -0.128. The third-order valence-corrected chi connectivity index (χ3v) is 10.5. The van der Waals surface area contributed by atoms with Crippen LogP contribution in [0.3, 0.4) is 0 Å². The first-order valence-corrected chi connectivity index (χ1v) is 18.8. The molecule has 12 nitrogen and oxygen atoms in total. The van der Waals surface area contributed by atoms with E-state index in [0.29, 0.717) is 36.5 Å². The first-order chi connectivity index (χ1) is 24.4. The summed E-state index contributed by atoms with van der Waals surface area (Å²) in [5, 5.41) is 14.5. The number of rotatable bonds is 16. The van der Waals surface area contributed by atoms with E-state index in [-0.39, 0.29) is 42.3 Å². The molecule has 51 heavy (non-hydrogen) atoms. The van der Waals surface area contributed by atoms with Gasteiger partial charge in [-0.05, 0) is 66.1 Å². The van der Waals surface area contributed by atoms with E-state index in [9.17, 15) is 23.1 Å². The van der Waals surface area contributed by atoms with Gasteiger partial charge in [0.15, 0.2) is 0 Å². The van der Waals surface area contributed by atoms with E-state index in [1.165, 1.54) is 13.2 Å². The van der Waals surface area contributed by atoms with E-state index >= 15 is 0 Å². The number of benzene rings is 3. The molecule has 13 heteroatoms. The van der Waals surface area contributed by atoms with Crippen LogP contribution in [-0.4, -0.2) is 90.2 Å². The van der Waals surface area contributed by atoms with Gasteiger partial charge in [-0.1, -0.05) is 70.2 Å². The number of nitrogens with one attached hydrogen (secondary N) is 2. The zero-order valence-electron chi connectivity index (χ0n) is 29.8. The van der Waals surface area contributed by atoms with Crippen molar-refractivity contribution in [3.63, 3.8) is 0 Å². The van der Waals surface area contributed by atoms with E-state index in [1.807, 2.05) is 82.3 Å². The van der Waals surface area contributed by atoms with Crippen molar-refractivity contribution < 1.29 is 27.9 Å². The normalized spacial score (nSPS) is 15.4. The Bertz CT molecular complexity index is 1920. The fraction of sp³-hybridized carbons (Fsp3) is 0.421. The van der Waals surface area contributed by atoms with Gasteiger partial charge in [0, 0.05) is 19.6 Å². The molecular weight excluding hydrogens is 669 g/mol. The summed E-state index contributed by atoms with van der Waals surface area (Å²) in [4.78, 5) is 40.2. The number of nitrogens with zero attached hydrogens (tertiary/aromatic N) is 4. The van der Waals surface area contributed by atoms with E-state index in [2.05, 4.69) is 20.0 Å². The smallest absolute Gasteiger partial charge is 0.321 e. The molecule has 0 aliphatic carbocycles. The molecule has 4 aromatic rings. The Balaban J connectivity index is 1.31. The number of hydrogen-bond acceptors (Lipinski definition) is 8. The second-order valence-corrected chi connectivity index (χ2v) is 15.5. The molecule has 1 aromatic heterocycles. The fourth-order valence-electron chi connectivity index (χ4n) is 6.46. The molecule has 5 rings (SSSR count). The van der Waals surface area contributed by atoms with Crippen molar-refractivity contribution in [2.75, 3.05) is 26.7 Å². The third kappa shape index (κ3) is 9.40. The molecule has 3 atom stereocenters. The van der Waals surface area contributed by atoms with Crippen LogP contribution in [-0.2, 0) is 34.2 Å². The first kappa shape index (κ1) is 37.7. The second kappa shape index (κ2) is 16.6. The summed E-state index contributed by atoms with van der Waals surface area (Å²) in [5.41, 5.74) is 3.61. The van der Waals surface area contributed by atoms with Crippen molar-refractivity contribution in [3.05, 3.63) is 95.8 Å². The SMILES string of the molecule is COc1ccc(S(=O)(=O)NC[C@@H](O)[C@H](Cc2ccccc2)NC(=O)[C@H](C(C)C)N2CCN(Cc3cnc4ccccc4n3)C2=O)c(CC(C)C)c1. The predicted octanol–water partition coefficient (Wildman–Crippen LogP) is 4.17. The summed E-state index contributed by atoms with van der Waals surface area (Å²) in [7, 11) is -2.51. The highest BCUT2D eigenvalue weighted by atomic mass is 32.2. The molecule has 3 amide bonds. The maximum Gasteiger partial charge on any atom is 0.321 e. The van der Waals surface area contributed by atoms with Crippen LogP contribution < -0.4 is 14.8 Å². The molecule has 0 bridgehead atoms. The van der Waals surface area contributed by atoms with Gasteiger partial charge in [-0.25, -0.2) is 22.9 Å². The minimum Gasteiger partial charge on any atom is -0.497 e.